The molecule has 0 N–H and O–H groups in total. The topological polar surface area (TPSA) is 63.9 Å². The molecule has 34 heavy (non-hydrogen) atoms. The molecular formula is C24H21Cl2N5OS2. The Bertz CT molecular complexity index is 1320. The smallest absolute Gasteiger partial charge is 0.273 e. The largest absolute Gasteiger partial charge is 0.337 e. The van der Waals surface area contributed by atoms with E-state index in [9.17, 15) is 4.79 Å². The van der Waals surface area contributed by atoms with Gasteiger partial charge >= 0.3 is 0 Å². The molecule has 3 heterocycles. The fourth-order valence-electron chi connectivity index (χ4n) is 3.89. The van der Waals surface area contributed by atoms with Crippen LogP contribution in [0, 0.1) is 0 Å². The standard InChI is InChI=1S/C24H21Cl2N5OS2/c25-16-7-6-8-17(13-16)31-22(18-9-2-3-10-19(18)26)28-29-24(31)34-15-21-27-20(14-33-21)23(32)30-11-4-1-5-12-30/h2-3,6-10,13-14H,1,4-5,11-12,15H2. The lowest BCUT2D eigenvalue weighted by Gasteiger charge is -2.25. The van der Waals surface area contributed by atoms with Crippen molar-refractivity contribution in [2.45, 2.75) is 30.2 Å². The van der Waals surface area contributed by atoms with E-state index >= 15 is 0 Å². The van der Waals surface area contributed by atoms with Crippen molar-refractivity contribution < 1.29 is 4.79 Å². The van der Waals surface area contributed by atoms with E-state index < -0.39 is 0 Å². The zero-order valence-electron chi connectivity index (χ0n) is 18.2. The Morgan fingerprint density at radius 2 is 1.85 bits per heavy atom. The maximum atomic E-state index is 12.8. The lowest BCUT2D eigenvalue weighted by atomic mass is 10.1. The first kappa shape index (κ1) is 23.4. The van der Waals surface area contributed by atoms with Gasteiger partial charge in [0.25, 0.3) is 5.91 Å². The summed E-state index contributed by atoms with van der Waals surface area (Å²) < 4.78 is 1.95. The average molecular weight is 531 g/mol. The summed E-state index contributed by atoms with van der Waals surface area (Å²) >= 11 is 15.8. The molecule has 4 aromatic rings. The number of thioether (sulfide) groups is 1. The zero-order chi connectivity index (χ0) is 23.5. The van der Waals surface area contributed by atoms with Crippen LogP contribution in [0.25, 0.3) is 17.1 Å². The first-order chi connectivity index (χ1) is 16.6. The SMILES string of the molecule is O=C(c1csc(CSc2nnc(-c3ccccc3Cl)n2-c2cccc(Cl)c2)n1)N1CCCCC1. The van der Waals surface area contributed by atoms with Crippen molar-refractivity contribution in [1.29, 1.82) is 0 Å². The van der Waals surface area contributed by atoms with Gasteiger partial charge in [0.1, 0.15) is 10.7 Å². The molecule has 2 aromatic carbocycles. The van der Waals surface area contributed by atoms with Crippen molar-refractivity contribution in [3.63, 3.8) is 0 Å². The summed E-state index contributed by atoms with van der Waals surface area (Å²) in [4.78, 5) is 19.3. The highest BCUT2D eigenvalue weighted by atomic mass is 35.5. The van der Waals surface area contributed by atoms with Gasteiger partial charge in [0, 0.05) is 29.1 Å². The fraction of sp³-hybridized carbons (Fsp3) is 0.250. The number of benzene rings is 2. The highest BCUT2D eigenvalue weighted by molar-refractivity contribution is 7.98. The molecule has 0 spiro atoms. The average Bonchev–Trinajstić information content (AvgIpc) is 3.50. The van der Waals surface area contributed by atoms with Crippen LogP contribution in [0.5, 0.6) is 0 Å². The van der Waals surface area contributed by atoms with Gasteiger partial charge in [0.15, 0.2) is 11.0 Å². The second kappa shape index (κ2) is 10.5. The van der Waals surface area contributed by atoms with Crippen LogP contribution < -0.4 is 0 Å². The minimum atomic E-state index is 0.0234. The highest BCUT2D eigenvalue weighted by Crippen LogP contribution is 2.34. The Morgan fingerprint density at radius 3 is 2.65 bits per heavy atom. The molecule has 174 valence electrons. The monoisotopic (exact) mass is 529 g/mol. The Balaban J connectivity index is 1.41. The van der Waals surface area contributed by atoms with Gasteiger partial charge in [-0.25, -0.2) is 4.98 Å². The van der Waals surface area contributed by atoms with E-state index in [0.717, 1.165) is 42.2 Å². The van der Waals surface area contributed by atoms with Crippen molar-refractivity contribution in [3.8, 4) is 17.1 Å². The number of aromatic nitrogens is 4. The molecular weight excluding hydrogens is 509 g/mol. The first-order valence-electron chi connectivity index (χ1n) is 10.9. The number of carbonyl (C=O) groups is 1. The molecule has 10 heteroatoms. The number of thiazole rings is 1. The molecule has 0 atom stereocenters. The van der Waals surface area contributed by atoms with Crippen LogP contribution in [0.1, 0.15) is 34.8 Å². The fourth-order valence-corrected chi connectivity index (χ4v) is 6.03. The summed E-state index contributed by atoms with van der Waals surface area (Å²) in [6.45, 7) is 1.63. The first-order valence-corrected chi connectivity index (χ1v) is 13.5. The number of piperidine rings is 1. The van der Waals surface area contributed by atoms with E-state index in [1.165, 1.54) is 29.5 Å². The van der Waals surface area contributed by atoms with Crippen LogP contribution >= 0.6 is 46.3 Å². The summed E-state index contributed by atoms with van der Waals surface area (Å²) in [6, 6.07) is 15.1. The molecule has 2 aromatic heterocycles. The molecule has 1 aliphatic heterocycles. The quantitative estimate of drug-likeness (QED) is 0.262. The van der Waals surface area contributed by atoms with Crippen LogP contribution in [-0.2, 0) is 5.75 Å². The van der Waals surface area contributed by atoms with Crippen molar-refractivity contribution in [2.24, 2.45) is 0 Å². The summed E-state index contributed by atoms with van der Waals surface area (Å²) in [7, 11) is 0. The van der Waals surface area contributed by atoms with Crippen molar-refractivity contribution >= 4 is 52.2 Å². The molecule has 5 rings (SSSR count). The minimum absolute atomic E-state index is 0.0234. The van der Waals surface area contributed by atoms with Gasteiger partial charge in [-0.15, -0.1) is 21.5 Å². The lowest BCUT2D eigenvalue weighted by Crippen LogP contribution is -2.35. The van der Waals surface area contributed by atoms with Crippen LogP contribution in [0.2, 0.25) is 10.0 Å². The van der Waals surface area contributed by atoms with E-state index in [0.29, 0.717) is 32.5 Å². The molecule has 0 unspecified atom stereocenters. The van der Waals surface area contributed by atoms with Crippen LogP contribution in [0.4, 0.5) is 0 Å². The van der Waals surface area contributed by atoms with Crippen molar-refractivity contribution in [1.82, 2.24) is 24.6 Å². The Morgan fingerprint density at radius 1 is 1.03 bits per heavy atom. The molecule has 1 saturated heterocycles. The van der Waals surface area contributed by atoms with Crippen LogP contribution in [-0.4, -0.2) is 43.6 Å². The molecule has 1 aliphatic rings. The summed E-state index contributed by atoms with van der Waals surface area (Å²) in [5.74, 6) is 1.23. The zero-order valence-corrected chi connectivity index (χ0v) is 21.3. The molecule has 0 saturated carbocycles. The molecule has 1 amide bonds. The third-order valence-corrected chi connectivity index (χ3v) is 8.09. The number of halogens is 2. The predicted octanol–water partition coefficient (Wildman–Crippen LogP) is 6.62. The van der Waals surface area contributed by atoms with E-state index in [1.807, 2.05) is 63.4 Å². The molecule has 6 nitrogen and oxygen atoms in total. The Labute approximate surface area is 215 Å². The van der Waals surface area contributed by atoms with Gasteiger partial charge in [-0.2, -0.15) is 0 Å². The number of rotatable bonds is 6. The van der Waals surface area contributed by atoms with Gasteiger partial charge in [0.2, 0.25) is 0 Å². The lowest BCUT2D eigenvalue weighted by molar-refractivity contribution is 0.0719. The summed E-state index contributed by atoms with van der Waals surface area (Å²) in [5, 5.41) is 13.5. The maximum absolute atomic E-state index is 12.8. The van der Waals surface area contributed by atoms with E-state index in [4.69, 9.17) is 23.2 Å². The number of nitrogens with zero attached hydrogens (tertiary/aromatic N) is 5. The molecule has 0 aliphatic carbocycles. The number of amides is 1. The second-order valence-corrected chi connectivity index (χ2v) is 10.6. The van der Waals surface area contributed by atoms with Crippen LogP contribution in [0.15, 0.2) is 59.1 Å². The van der Waals surface area contributed by atoms with Gasteiger partial charge in [-0.1, -0.05) is 53.2 Å². The number of hydrogen-bond acceptors (Lipinski definition) is 6. The number of hydrogen-bond donors (Lipinski definition) is 0. The Kier molecular flexibility index (Phi) is 7.20. The van der Waals surface area contributed by atoms with Gasteiger partial charge < -0.3 is 4.90 Å². The van der Waals surface area contributed by atoms with Crippen LogP contribution in [0.3, 0.4) is 0 Å². The summed E-state index contributed by atoms with van der Waals surface area (Å²) in [5.41, 5.74) is 2.15. The molecule has 0 radical (unpaired) electrons. The van der Waals surface area contributed by atoms with Gasteiger partial charge in [-0.3, -0.25) is 9.36 Å². The van der Waals surface area contributed by atoms with E-state index in [2.05, 4.69) is 15.2 Å². The molecule has 0 bridgehead atoms. The minimum Gasteiger partial charge on any atom is -0.337 e. The third-order valence-electron chi connectivity index (χ3n) is 5.55. The predicted molar refractivity (Wildman–Crippen MR) is 138 cm³/mol. The Hall–Kier alpha value is -2.39. The van der Waals surface area contributed by atoms with Crippen molar-refractivity contribution in [3.05, 3.63) is 74.7 Å². The molecule has 1 fully saturated rings. The second-order valence-electron chi connectivity index (χ2n) is 7.87. The highest BCUT2D eigenvalue weighted by Gasteiger charge is 2.22. The van der Waals surface area contributed by atoms with Gasteiger partial charge in [0.05, 0.1) is 16.5 Å². The number of carbonyl (C=O) groups excluding carboxylic acids is 1. The normalized spacial score (nSPS) is 13.9. The van der Waals surface area contributed by atoms with E-state index in [1.54, 1.807) is 0 Å². The number of likely N-dealkylation sites (tertiary alicyclic amines) is 1. The van der Waals surface area contributed by atoms with Crippen molar-refractivity contribution in [2.75, 3.05) is 13.1 Å². The maximum Gasteiger partial charge on any atom is 0.273 e. The van der Waals surface area contributed by atoms with Gasteiger partial charge in [-0.05, 0) is 49.6 Å². The van der Waals surface area contributed by atoms with E-state index in [-0.39, 0.29) is 5.91 Å². The third kappa shape index (κ3) is 5.00. The summed E-state index contributed by atoms with van der Waals surface area (Å²) in [6.07, 6.45) is 3.31.